The third kappa shape index (κ3) is 5.44. The van der Waals surface area contributed by atoms with Crippen LogP contribution in [-0.2, 0) is 0 Å². The predicted octanol–water partition coefficient (Wildman–Crippen LogP) is 3.71. The third-order valence-corrected chi connectivity index (χ3v) is 1.48. The highest BCUT2D eigenvalue weighted by Gasteiger charge is 2.32. The van der Waals surface area contributed by atoms with Gasteiger partial charge in [-0.15, -0.1) is 0 Å². The Labute approximate surface area is 76.4 Å². The molecular formula is C9H14F3N. The molecule has 0 fully saturated rings. The van der Waals surface area contributed by atoms with Gasteiger partial charge in [0.05, 0.1) is 0 Å². The van der Waals surface area contributed by atoms with Crippen molar-refractivity contribution in [2.45, 2.75) is 39.3 Å². The van der Waals surface area contributed by atoms with Crippen molar-refractivity contribution in [2.75, 3.05) is 0 Å². The van der Waals surface area contributed by atoms with E-state index in [2.05, 4.69) is 4.99 Å². The summed E-state index contributed by atoms with van der Waals surface area (Å²) in [4.78, 5) is 3.36. The molecule has 0 aliphatic carbocycles. The van der Waals surface area contributed by atoms with E-state index in [-0.39, 0.29) is 0 Å². The summed E-state index contributed by atoms with van der Waals surface area (Å²) >= 11 is 0. The molecule has 0 saturated heterocycles. The summed E-state index contributed by atoms with van der Waals surface area (Å²) in [7, 11) is 0. The van der Waals surface area contributed by atoms with E-state index in [4.69, 9.17) is 0 Å². The minimum Gasteiger partial charge on any atom is -0.257 e. The number of unbranched alkanes of at least 4 members (excludes halogenated alkanes) is 2. The van der Waals surface area contributed by atoms with Gasteiger partial charge in [-0.1, -0.05) is 19.4 Å². The first-order chi connectivity index (χ1) is 6.02. The second kappa shape index (κ2) is 5.78. The van der Waals surface area contributed by atoms with Crippen LogP contribution in [0.3, 0.4) is 0 Å². The Morgan fingerprint density at radius 2 is 2.00 bits per heavy atom. The first-order valence-electron chi connectivity index (χ1n) is 4.28. The normalized spacial score (nSPS) is 14.1. The number of hydrogen-bond acceptors (Lipinski definition) is 1. The molecule has 0 heterocycles. The number of hydrogen-bond donors (Lipinski definition) is 0. The van der Waals surface area contributed by atoms with Crippen LogP contribution >= 0.6 is 0 Å². The first-order valence-corrected chi connectivity index (χ1v) is 4.28. The van der Waals surface area contributed by atoms with Crippen molar-refractivity contribution in [1.82, 2.24) is 0 Å². The van der Waals surface area contributed by atoms with Gasteiger partial charge in [-0.3, -0.25) is 4.99 Å². The molecule has 0 aromatic carbocycles. The fourth-order valence-corrected chi connectivity index (χ4v) is 0.770. The highest BCUT2D eigenvalue weighted by molar-refractivity contribution is 5.59. The van der Waals surface area contributed by atoms with Crippen LogP contribution in [0.5, 0.6) is 0 Å². The van der Waals surface area contributed by atoms with E-state index in [1.165, 1.54) is 13.1 Å². The van der Waals surface area contributed by atoms with Crippen molar-refractivity contribution < 1.29 is 13.2 Å². The summed E-state index contributed by atoms with van der Waals surface area (Å²) in [5.74, 6) is 0. The Morgan fingerprint density at radius 3 is 2.38 bits per heavy atom. The molecule has 0 N–H and O–H groups in total. The molecule has 0 aliphatic heterocycles. The summed E-state index contributed by atoms with van der Waals surface area (Å²) in [6, 6.07) is 0. The average molecular weight is 193 g/mol. The Bertz CT molecular complexity index is 192. The minimum absolute atomic E-state index is 0.601. The van der Waals surface area contributed by atoms with Crippen LogP contribution in [0.2, 0.25) is 0 Å². The topological polar surface area (TPSA) is 12.4 Å². The van der Waals surface area contributed by atoms with E-state index >= 15 is 0 Å². The molecule has 0 unspecified atom stereocenters. The molecule has 0 aromatic heterocycles. The number of nitrogens with zero attached hydrogens (tertiary/aromatic N) is 1. The number of aliphatic imine (C=N–C) groups is 1. The molecule has 0 spiro atoms. The van der Waals surface area contributed by atoms with Gasteiger partial charge >= 0.3 is 6.18 Å². The molecule has 4 heteroatoms. The Balaban J connectivity index is 4.08. The van der Waals surface area contributed by atoms with Gasteiger partial charge < -0.3 is 0 Å². The van der Waals surface area contributed by atoms with Crippen molar-refractivity contribution in [3.8, 4) is 0 Å². The van der Waals surface area contributed by atoms with Crippen molar-refractivity contribution >= 4 is 6.21 Å². The standard InChI is InChI=1S/C9H14F3N/c1-3-5-6-7-13-8(4-2)9(10,11)12/h4,7H,3,5-6H2,1-2H3/b8-4-,13-7?. The molecule has 0 aromatic rings. The Hall–Kier alpha value is -0.800. The maximum atomic E-state index is 12.0. The number of halogens is 3. The van der Waals surface area contributed by atoms with E-state index in [0.29, 0.717) is 6.42 Å². The zero-order valence-corrected chi connectivity index (χ0v) is 7.86. The lowest BCUT2D eigenvalue weighted by Gasteiger charge is -2.04. The largest absolute Gasteiger partial charge is 0.432 e. The van der Waals surface area contributed by atoms with E-state index in [9.17, 15) is 13.2 Å². The monoisotopic (exact) mass is 193 g/mol. The molecule has 1 nitrogen and oxygen atoms in total. The maximum Gasteiger partial charge on any atom is 0.432 e. The SMILES string of the molecule is C/C=C(\N=CCCCC)C(F)(F)F. The number of allylic oxidation sites excluding steroid dienone is 2. The molecule has 0 atom stereocenters. The quantitative estimate of drug-likeness (QED) is 0.476. The van der Waals surface area contributed by atoms with Gasteiger partial charge in [0.1, 0.15) is 5.70 Å². The number of rotatable bonds is 4. The second-order valence-electron chi connectivity index (χ2n) is 2.63. The van der Waals surface area contributed by atoms with Crippen LogP contribution in [0, 0.1) is 0 Å². The molecule has 0 bridgehead atoms. The minimum atomic E-state index is -4.32. The van der Waals surface area contributed by atoms with E-state index in [0.717, 1.165) is 18.9 Å². The molecule has 0 aliphatic rings. The van der Waals surface area contributed by atoms with Crippen molar-refractivity contribution in [1.29, 1.82) is 0 Å². The molecule has 0 saturated carbocycles. The summed E-state index contributed by atoms with van der Waals surface area (Å²) in [6.45, 7) is 3.31. The van der Waals surface area contributed by atoms with Gasteiger partial charge in [0.15, 0.2) is 0 Å². The fraction of sp³-hybridized carbons (Fsp3) is 0.667. The van der Waals surface area contributed by atoms with Crippen LogP contribution in [0.25, 0.3) is 0 Å². The van der Waals surface area contributed by atoms with Crippen LogP contribution < -0.4 is 0 Å². The predicted molar refractivity (Wildman–Crippen MR) is 47.8 cm³/mol. The van der Waals surface area contributed by atoms with Gasteiger partial charge in [0, 0.05) is 6.21 Å². The highest BCUT2D eigenvalue weighted by Crippen LogP contribution is 2.25. The van der Waals surface area contributed by atoms with Crippen molar-refractivity contribution in [3.63, 3.8) is 0 Å². The van der Waals surface area contributed by atoms with E-state index in [1.54, 1.807) is 0 Å². The summed E-state index contributed by atoms with van der Waals surface area (Å²) in [5, 5.41) is 0. The molecule has 0 rings (SSSR count). The molecule has 76 valence electrons. The van der Waals surface area contributed by atoms with Crippen LogP contribution in [0.4, 0.5) is 13.2 Å². The van der Waals surface area contributed by atoms with Crippen LogP contribution in [-0.4, -0.2) is 12.4 Å². The fourth-order valence-electron chi connectivity index (χ4n) is 0.770. The molecule has 0 radical (unpaired) electrons. The Kier molecular flexibility index (Phi) is 5.42. The second-order valence-corrected chi connectivity index (χ2v) is 2.63. The zero-order valence-electron chi connectivity index (χ0n) is 7.86. The average Bonchev–Trinajstić information content (AvgIpc) is 2.02. The first kappa shape index (κ1) is 12.2. The van der Waals surface area contributed by atoms with Crippen molar-refractivity contribution in [3.05, 3.63) is 11.8 Å². The highest BCUT2D eigenvalue weighted by atomic mass is 19.4. The van der Waals surface area contributed by atoms with Gasteiger partial charge in [-0.05, 0) is 19.8 Å². The molecular weight excluding hydrogens is 179 g/mol. The van der Waals surface area contributed by atoms with Crippen LogP contribution in [0.15, 0.2) is 16.8 Å². The van der Waals surface area contributed by atoms with Gasteiger partial charge in [-0.25, -0.2) is 0 Å². The van der Waals surface area contributed by atoms with Gasteiger partial charge in [0.25, 0.3) is 0 Å². The summed E-state index contributed by atoms with van der Waals surface area (Å²) in [6.07, 6.45) is 0.414. The smallest absolute Gasteiger partial charge is 0.257 e. The van der Waals surface area contributed by atoms with E-state index < -0.39 is 11.9 Å². The molecule has 13 heavy (non-hydrogen) atoms. The van der Waals surface area contributed by atoms with Crippen LogP contribution in [0.1, 0.15) is 33.1 Å². The lowest BCUT2D eigenvalue weighted by atomic mass is 10.3. The maximum absolute atomic E-state index is 12.0. The lowest BCUT2D eigenvalue weighted by Crippen LogP contribution is -2.09. The lowest BCUT2D eigenvalue weighted by molar-refractivity contribution is -0.0924. The van der Waals surface area contributed by atoms with E-state index in [1.807, 2.05) is 6.92 Å². The third-order valence-electron chi connectivity index (χ3n) is 1.48. The van der Waals surface area contributed by atoms with Gasteiger partial charge in [-0.2, -0.15) is 13.2 Å². The number of alkyl halides is 3. The zero-order chi connectivity index (χ0) is 10.3. The summed E-state index contributed by atoms with van der Waals surface area (Å²) in [5.41, 5.74) is -0.816. The van der Waals surface area contributed by atoms with Crippen molar-refractivity contribution in [2.24, 2.45) is 4.99 Å². The summed E-state index contributed by atoms with van der Waals surface area (Å²) < 4.78 is 36.1. The van der Waals surface area contributed by atoms with Gasteiger partial charge in [0.2, 0.25) is 0 Å². The molecule has 0 amide bonds. The Morgan fingerprint density at radius 1 is 1.38 bits per heavy atom.